The van der Waals surface area contributed by atoms with Crippen molar-refractivity contribution in [1.82, 2.24) is 4.90 Å². The monoisotopic (exact) mass is 584 g/mol. The van der Waals surface area contributed by atoms with Crippen molar-refractivity contribution < 1.29 is 38.7 Å². The molecule has 1 aromatic rings. The Bertz CT molecular complexity index is 1290. The van der Waals surface area contributed by atoms with Gasteiger partial charge in [0, 0.05) is 76.3 Å². The van der Waals surface area contributed by atoms with Crippen LogP contribution in [0, 0.1) is 29.1 Å². The highest BCUT2D eigenvalue weighted by atomic mass is 16.6. The van der Waals surface area contributed by atoms with Gasteiger partial charge in [-0.2, -0.15) is 0 Å². The molecule has 3 N–H and O–H groups in total. The molecule has 7 rings (SSSR count). The predicted molar refractivity (Wildman–Crippen MR) is 152 cm³/mol. The molecule has 6 fully saturated rings. The Labute approximate surface area is 247 Å². The van der Waals surface area contributed by atoms with Crippen LogP contribution in [0.3, 0.4) is 0 Å². The van der Waals surface area contributed by atoms with Crippen LogP contribution in [0.15, 0.2) is 24.3 Å². The number of amides is 1. The molecule has 0 aromatic heterocycles. The molecule has 5 saturated carbocycles. The number of rotatable bonds is 7. The molecule has 10 nitrogen and oxygen atoms in total. The number of anilines is 1. The zero-order chi connectivity index (χ0) is 29.8. The maximum Gasteiger partial charge on any atom is 0.340 e. The van der Waals surface area contributed by atoms with Crippen LogP contribution in [-0.2, 0) is 23.7 Å². The van der Waals surface area contributed by atoms with Crippen LogP contribution < -0.4 is 5.32 Å². The Kier molecular flexibility index (Phi) is 6.46. The van der Waals surface area contributed by atoms with Crippen molar-refractivity contribution in [2.24, 2.45) is 29.1 Å². The summed E-state index contributed by atoms with van der Waals surface area (Å²) in [4.78, 5) is 28.3. The highest BCUT2D eigenvalue weighted by molar-refractivity contribution is 6.00. The summed E-state index contributed by atoms with van der Waals surface area (Å²) in [6, 6.07) is 6.89. The van der Waals surface area contributed by atoms with Gasteiger partial charge in [-0.1, -0.05) is 19.1 Å². The van der Waals surface area contributed by atoms with Gasteiger partial charge in [-0.15, -0.1) is 0 Å². The standard InChI is InChI=1S/C32H44N2O8/c1-6-34-16-29(42-28(36)18-9-7-8-10-21(18)33-17(2)35)12-11-25(40-4)31-23(29)14-20(26(31)34)30(37)15-22(39-3)19-13-24(31)32(30,38)27(19)41-5/h7-10,19-20,22-27,37-38H,6,11-16H2,1-5H3,(H,33,35)/t19-,20+,22+,23-,24+,25+,26?,27-,29-,30+,31+,32+/m0/s1. The summed E-state index contributed by atoms with van der Waals surface area (Å²) in [7, 11) is 5.05. The average Bonchev–Trinajstić information content (AvgIpc) is 3.39. The molecule has 10 heteroatoms. The summed E-state index contributed by atoms with van der Waals surface area (Å²) >= 11 is 0. The number of hydrogen-bond acceptors (Lipinski definition) is 9. The quantitative estimate of drug-likeness (QED) is 0.414. The van der Waals surface area contributed by atoms with Crippen molar-refractivity contribution in [3.8, 4) is 0 Å². The van der Waals surface area contributed by atoms with Crippen LogP contribution in [0.25, 0.3) is 0 Å². The van der Waals surface area contributed by atoms with Crippen molar-refractivity contribution in [2.75, 3.05) is 39.7 Å². The molecule has 1 saturated heterocycles. The van der Waals surface area contributed by atoms with Gasteiger partial charge in [-0.3, -0.25) is 9.69 Å². The van der Waals surface area contributed by atoms with Crippen molar-refractivity contribution >= 4 is 17.6 Å². The van der Waals surface area contributed by atoms with Gasteiger partial charge in [-0.05, 0) is 44.4 Å². The number of fused-ring (bicyclic) bond motifs is 2. The van der Waals surface area contributed by atoms with E-state index in [1.165, 1.54) is 6.92 Å². The van der Waals surface area contributed by atoms with Crippen molar-refractivity contribution in [2.45, 2.75) is 87.1 Å². The summed E-state index contributed by atoms with van der Waals surface area (Å²) in [6.45, 7) is 4.79. The second-order valence-electron chi connectivity index (χ2n) is 13.7. The number of ether oxygens (including phenoxy) is 4. The molecule has 1 heterocycles. The minimum absolute atomic E-state index is 0.0432. The van der Waals surface area contributed by atoms with E-state index in [2.05, 4.69) is 17.1 Å². The number of likely N-dealkylation sites (N-methyl/N-ethyl adjacent to an activating group) is 1. The topological polar surface area (TPSA) is 127 Å². The third-order valence-electron chi connectivity index (χ3n) is 12.6. The summed E-state index contributed by atoms with van der Waals surface area (Å²) in [5.74, 6) is -1.54. The highest BCUT2D eigenvalue weighted by Gasteiger charge is 2.89. The highest BCUT2D eigenvalue weighted by Crippen LogP contribution is 2.79. The smallest absolute Gasteiger partial charge is 0.340 e. The van der Waals surface area contributed by atoms with E-state index < -0.39 is 34.3 Å². The van der Waals surface area contributed by atoms with Crippen LogP contribution in [0.1, 0.15) is 56.3 Å². The normalized spacial score (nSPS) is 48.2. The number of likely N-dealkylation sites (tertiary alicyclic amines) is 1. The number of nitrogens with one attached hydrogen (secondary N) is 1. The molecule has 1 amide bonds. The minimum atomic E-state index is -1.48. The van der Waals surface area contributed by atoms with Crippen LogP contribution in [0.4, 0.5) is 5.69 Å². The molecule has 42 heavy (non-hydrogen) atoms. The molecule has 0 radical (unpaired) electrons. The SMILES string of the molecule is CCN1C[C@@]2(OC(=O)c3ccccc3NC(C)=O)CC[C@@H](OC)[C@@]34C1[C@@H](C[C@@H]23)[C@]1(O)C[C@@H](OC)[C@@H]2C[C@H]4[C@@]1(O)[C@H]2OC. The number of esters is 1. The molecule has 6 aliphatic rings. The largest absolute Gasteiger partial charge is 0.454 e. The summed E-state index contributed by atoms with van der Waals surface area (Å²) in [5, 5.41) is 28.4. The number of carbonyl (C=O) groups is 2. The Morgan fingerprint density at radius 1 is 1.07 bits per heavy atom. The lowest BCUT2D eigenvalue weighted by molar-refractivity contribution is -0.337. The second kappa shape index (κ2) is 9.46. The maximum absolute atomic E-state index is 14.0. The fourth-order valence-electron chi connectivity index (χ4n) is 11.6. The Hall–Kier alpha value is -2.08. The zero-order valence-corrected chi connectivity index (χ0v) is 25.2. The lowest BCUT2D eigenvalue weighted by Gasteiger charge is -2.70. The maximum atomic E-state index is 14.0. The summed E-state index contributed by atoms with van der Waals surface area (Å²) in [5.41, 5.74) is -3.57. The van der Waals surface area contributed by atoms with E-state index in [1.54, 1.807) is 45.6 Å². The summed E-state index contributed by atoms with van der Waals surface area (Å²) in [6.07, 6.45) is 1.91. The van der Waals surface area contributed by atoms with Gasteiger partial charge in [0.05, 0.1) is 29.6 Å². The van der Waals surface area contributed by atoms with Crippen LogP contribution >= 0.6 is 0 Å². The van der Waals surface area contributed by atoms with E-state index in [0.29, 0.717) is 56.4 Å². The van der Waals surface area contributed by atoms with Gasteiger partial charge in [-0.25, -0.2) is 4.79 Å². The van der Waals surface area contributed by atoms with Crippen molar-refractivity contribution in [3.63, 3.8) is 0 Å². The molecule has 5 aliphatic carbocycles. The van der Waals surface area contributed by atoms with Gasteiger partial charge in [0.1, 0.15) is 16.8 Å². The first-order valence-electron chi connectivity index (χ1n) is 15.4. The molecule has 1 unspecified atom stereocenters. The number of carbonyl (C=O) groups excluding carboxylic acids is 2. The van der Waals surface area contributed by atoms with E-state index in [-0.39, 0.29) is 47.8 Å². The van der Waals surface area contributed by atoms with Crippen LogP contribution in [0.2, 0.25) is 0 Å². The molecular weight excluding hydrogens is 540 g/mol. The van der Waals surface area contributed by atoms with Crippen LogP contribution in [-0.4, -0.2) is 103 Å². The third-order valence-corrected chi connectivity index (χ3v) is 12.6. The first-order valence-corrected chi connectivity index (χ1v) is 15.4. The average molecular weight is 585 g/mol. The molecule has 230 valence electrons. The number of piperidine rings is 1. The minimum Gasteiger partial charge on any atom is -0.454 e. The second-order valence-corrected chi connectivity index (χ2v) is 13.7. The number of para-hydroxylation sites is 1. The first-order chi connectivity index (χ1) is 20.1. The number of methoxy groups -OCH3 is 3. The number of hydrogen-bond donors (Lipinski definition) is 3. The Morgan fingerprint density at radius 2 is 1.83 bits per heavy atom. The van der Waals surface area contributed by atoms with E-state index in [9.17, 15) is 19.8 Å². The lowest BCUT2D eigenvalue weighted by Crippen LogP contribution is -2.83. The first kappa shape index (κ1) is 28.7. The number of aliphatic hydroxyl groups is 2. The van der Waals surface area contributed by atoms with Gasteiger partial charge < -0.3 is 34.5 Å². The van der Waals surface area contributed by atoms with E-state index in [1.807, 2.05) is 0 Å². The van der Waals surface area contributed by atoms with Gasteiger partial charge in [0.15, 0.2) is 0 Å². The molecule has 12 atom stereocenters. The van der Waals surface area contributed by atoms with Gasteiger partial charge >= 0.3 is 5.97 Å². The van der Waals surface area contributed by atoms with Crippen LogP contribution in [0.5, 0.6) is 0 Å². The van der Waals surface area contributed by atoms with Gasteiger partial charge in [0.2, 0.25) is 5.91 Å². The predicted octanol–water partition coefficient (Wildman–Crippen LogP) is 2.22. The Balaban J connectivity index is 1.38. The number of nitrogens with zero attached hydrogens (tertiary/aromatic N) is 1. The van der Waals surface area contributed by atoms with E-state index >= 15 is 0 Å². The Morgan fingerprint density at radius 3 is 2.50 bits per heavy atom. The summed E-state index contributed by atoms with van der Waals surface area (Å²) < 4.78 is 25.1. The van der Waals surface area contributed by atoms with E-state index in [4.69, 9.17) is 18.9 Å². The molecule has 1 spiro atoms. The van der Waals surface area contributed by atoms with Gasteiger partial charge in [0.25, 0.3) is 0 Å². The fourth-order valence-corrected chi connectivity index (χ4v) is 11.6. The molecule has 7 bridgehead atoms. The molecular formula is C32H44N2O8. The van der Waals surface area contributed by atoms with Crippen molar-refractivity contribution in [3.05, 3.63) is 29.8 Å². The molecule has 1 aromatic carbocycles. The third kappa shape index (κ3) is 3.21. The van der Waals surface area contributed by atoms with Crippen molar-refractivity contribution in [1.29, 1.82) is 0 Å². The lowest BCUT2D eigenvalue weighted by atomic mass is 9.44. The zero-order valence-electron chi connectivity index (χ0n) is 25.2. The van der Waals surface area contributed by atoms with E-state index in [0.717, 1.165) is 0 Å². The molecule has 1 aliphatic heterocycles. The number of benzene rings is 1. The fraction of sp³-hybridized carbons (Fsp3) is 0.750.